The number of hydrogen-bond donors (Lipinski definition) is 0. The number of benzene rings is 3. The molecule has 0 saturated heterocycles. The predicted molar refractivity (Wildman–Crippen MR) is 115 cm³/mol. The molecule has 0 aromatic heterocycles. The van der Waals surface area contributed by atoms with Crippen LogP contribution < -0.4 is 9.47 Å². The van der Waals surface area contributed by atoms with Crippen LogP contribution >= 0.6 is 0 Å². The lowest BCUT2D eigenvalue weighted by Gasteiger charge is -2.23. The molecule has 1 aliphatic heterocycles. The van der Waals surface area contributed by atoms with Crippen molar-refractivity contribution in [2.24, 2.45) is 5.10 Å². The number of ether oxygens (including phenoxy) is 2. The highest BCUT2D eigenvalue weighted by atomic mass is 32.2. The van der Waals surface area contributed by atoms with Gasteiger partial charge in [-0.3, -0.25) is 0 Å². The monoisotopic (exact) mass is 422 g/mol. The van der Waals surface area contributed by atoms with E-state index in [9.17, 15) is 8.42 Å². The molecule has 0 aliphatic carbocycles. The minimum absolute atomic E-state index is 0.206. The van der Waals surface area contributed by atoms with E-state index in [4.69, 9.17) is 9.47 Å². The molecule has 3 aromatic rings. The normalized spacial score (nSPS) is 16.3. The summed E-state index contributed by atoms with van der Waals surface area (Å²) in [7, 11) is -0.674. The molecular formula is C23H22N2O4S. The average Bonchev–Trinajstić information content (AvgIpc) is 3.26. The molecule has 0 N–H and O–H groups in total. The molecule has 0 saturated carbocycles. The second-order valence-corrected chi connectivity index (χ2v) is 8.63. The lowest BCUT2D eigenvalue weighted by atomic mass is 9.98. The second-order valence-electron chi connectivity index (χ2n) is 6.83. The number of hydrogen-bond acceptors (Lipinski definition) is 5. The van der Waals surface area contributed by atoms with E-state index in [0.29, 0.717) is 23.6 Å². The van der Waals surface area contributed by atoms with Crippen molar-refractivity contribution in [3.8, 4) is 11.5 Å². The summed E-state index contributed by atoms with van der Waals surface area (Å²) in [5, 5.41) is 4.57. The standard InChI is InChI=1S/C23H22N2O4S/c1-28-18-13-14-20(23(15-18)29-2)21-16-22(17-9-5-3-6-10-17)25(24-21)30(26,27)19-11-7-4-8-12-19/h3-15,22H,16H2,1-2H3/t22-/m1/s1. The summed E-state index contributed by atoms with van der Waals surface area (Å²) >= 11 is 0. The third-order valence-electron chi connectivity index (χ3n) is 5.06. The first kappa shape index (κ1) is 20.0. The van der Waals surface area contributed by atoms with Crippen LogP contribution in [0.2, 0.25) is 0 Å². The number of rotatable bonds is 6. The zero-order chi connectivity index (χ0) is 21.1. The molecule has 0 fully saturated rings. The first-order valence-corrected chi connectivity index (χ1v) is 10.9. The quantitative estimate of drug-likeness (QED) is 0.596. The Balaban J connectivity index is 1.82. The molecule has 1 aliphatic rings. The molecule has 3 aromatic carbocycles. The van der Waals surface area contributed by atoms with Gasteiger partial charge < -0.3 is 9.47 Å². The molecule has 4 rings (SSSR count). The van der Waals surface area contributed by atoms with Gasteiger partial charge in [-0.15, -0.1) is 0 Å². The summed E-state index contributed by atoms with van der Waals surface area (Å²) in [6, 6.07) is 22.9. The van der Waals surface area contributed by atoms with Gasteiger partial charge in [0.25, 0.3) is 10.0 Å². The van der Waals surface area contributed by atoms with Crippen LogP contribution in [0, 0.1) is 0 Å². The molecular weight excluding hydrogens is 400 g/mol. The van der Waals surface area contributed by atoms with Crippen molar-refractivity contribution in [2.45, 2.75) is 17.4 Å². The van der Waals surface area contributed by atoms with Crippen LogP contribution in [-0.2, 0) is 10.0 Å². The lowest BCUT2D eigenvalue weighted by Crippen LogP contribution is -2.27. The highest BCUT2D eigenvalue weighted by Crippen LogP contribution is 2.39. The van der Waals surface area contributed by atoms with Crippen molar-refractivity contribution in [3.63, 3.8) is 0 Å². The van der Waals surface area contributed by atoms with E-state index in [-0.39, 0.29) is 4.90 Å². The molecule has 0 bridgehead atoms. The van der Waals surface area contributed by atoms with E-state index in [1.54, 1.807) is 50.6 Å². The van der Waals surface area contributed by atoms with E-state index in [0.717, 1.165) is 11.1 Å². The zero-order valence-electron chi connectivity index (χ0n) is 16.7. The summed E-state index contributed by atoms with van der Waals surface area (Å²) in [6.07, 6.45) is 0.429. The highest BCUT2D eigenvalue weighted by molar-refractivity contribution is 7.89. The Morgan fingerprint density at radius 2 is 1.57 bits per heavy atom. The molecule has 7 heteroatoms. The van der Waals surface area contributed by atoms with Crippen LogP contribution in [0.5, 0.6) is 11.5 Å². The topological polar surface area (TPSA) is 68.2 Å². The third-order valence-corrected chi connectivity index (χ3v) is 6.76. The maximum atomic E-state index is 13.4. The molecule has 0 radical (unpaired) electrons. The maximum absolute atomic E-state index is 13.4. The van der Waals surface area contributed by atoms with E-state index in [1.165, 1.54) is 4.41 Å². The van der Waals surface area contributed by atoms with Gasteiger partial charge in [-0.1, -0.05) is 48.5 Å². The van der Waals surface area contributed by atoms with Crippen LogP contribution in [0.15, 0.2) is 88.9 Å². The largest absolute Gasteiger partial charge is 0.497 e. The van der Waals surface area contributed by atoms with E-state index < -0.39 is 16.1 Å². The Labute approximate surface area is 176 Å². The van der Waals surface area contributed by atoms with Crippen LogP contribution in [-0.4, -0.2) is 32.8 Å². The molecule has 0 amide bonds. The zero-order valence-corrected chi connectivity index (χ0v) is 17.5. The summed E-state index contributed by atoms with van der Waals surface area (Å²) < 4.78 is 38.8. The van der Waals surface area contributed by atoms with Gasteiger partial charge in [0.05, 0.1) is 30.9 Å². The van der Waals surface area contributed by atoms with Crippen molar-refractivity contribution in [1.29, 1.82) is 0 Å². The van der Waals surface area contributed by atoms with Gasteiger partial charge in [0, 0.05) is 18.1 Å². The number of sulfonamides is 1. The number of nitrogens with zero attached hydrogens (tertiary/aromatic N) is 2. The lowest BCUT2D eigenvalue weighted by molar-refractivity contribution is 0.371. The minimum atomic E-state index is -3.83. The first-order chi connectivity index (χ1) is 14.5. The van der Waals surface area contributed by atoms with Crippen molar-refractivity contribution in [1.82, 2.24) is 4.41 Å². The number of methoxy groups -OCH3 is 2. The van der Waals surface area contributed by atoms with E-state index in [2.05, 4.69) is 5.10 Å². The van der Waals surface area contributed by atoms with Crippen molar-refractivity contribution < 1.29 is 17.9 Å². The molecule has 0 spiro atoms. The Hall–Kier alpha value is -3.32. The SMILES string of the molecule is COc1ccc(C2=NN(S(=O)(=O)c3ccccc3)[C@@H](c3ccccc3)C2)c(OC)c1. The maximum Gasteiger partial charge on any atom is 0.279 e. The van der Waals surface area contributed by atoms with E-state index in [1.807, 2.05) is 42.5 Å². The van der Waals surface area contributed by atoms with E-state index >= 15 is 0 Å². The molecule has 154 valence electrons. The third kappa shape index (κ3) is 3.64. The van der Waals surface area contributed by atoms with Gasteiger partial charge in [0.15, 0.2) is 0 Å². The van der Waals surface area contributed by atoms with Gasteiger partial charge in [-0.05, 0) is 29.8 Å². The second kappa shape index (κ2) is 8.20. The predicted octanol–water partition coefficient (Wildman–Crippen LogP) is 4.24. The molecule has 1 heterocycles. The molecule has 0 unspecified atom stereocenters. The van der Waals surface area contributed by atoms with Crippen molar-refractivity contribution in [3.05, 3.63) is 90.0 Å². The van der Waals surface area contributed by atoms with Crippen LogP contribution in [0.3, 0.4) is 0 Å². The summed E-state index contributed by atoms with van der Waals surface area (Å²) in [4.78, 5) is 0.206. The average molecular weight is 423 g/mol. The first-order valence-electron chi connectivity index (χ1n) is 9.49. The molecule has 1 atom stereocenters. The fourth-order valence-corrected chi connectivity index (χ4v) is 4.99. The van der Waals surface area contributed by atoms with Crippen molar-refractivity contribution in [2.75, 3.05) is 14.2 Å². The summed E-state index contributed by atoms with van der Waals surface area (Å²) in [6.45, 7) is 0. The van der Waals surface area contributed by atoms with Crippen LogP contribution in [0.1, 0.15) is 23.6 Å². The minimum Gasteiger partial charge on any atom is -0.497 e. The molecule has 30 heavy (non-hydrogen) atoms. The molecule has 6 nitrogen and oxygen atoms in total. The van der Waals surface area contributed by atoms with Gasteiger partial charge in [0.2, 0.25) is 0 Å². The van der Waals surface area contributed by atoms with Crippen molar-refractivity contribution >= 4 is 15.7 Å². The van der Waals surface area contributed by atoms with Crippen LogP contribution in [0.4, 0.5) is 0 Å². The van der Waals surface area contributed by atoms with Gasteiger partial charge in [-0.25, -0.2) is 0 Å². The van der Waals surface area contributed by atoms with Gasteiger partial charge in [0.1, 0.15) is 11.5 Å². The Bertz CT molecular complexity index is 1160. The highest BCUT2D eigenvalue weighted by Gasteiger charge is 2.38. The fourth-order valence-electron chi connectivity index (χ4n) is 3.53. The fraction of sp³-hybridized carbons (Fsp3) is 0.174. The van der Waals surface area contributed by atoms with Gasteiger partial charge >= 0.3 is 0 Å². The smallest absolute Gasteiger partial charge is 0.279 e. The summed E-state index contributed by atoms with van der Waals surface area (Å²) in [5.74, 6) is 1.24. The Morgan fingerprint density at radius 1 is 0.900 bits per heavy atom. The summed E-state index contributed by atoms with van der Waals surface area (Å²) in [5.41, 5.74) is 2.26. The Morgan fingerprint density at radius 3 is 2.20 bits per heavy atom. The number of hydrazone groups is 1. The van der Waals surface area contributed by atoms with Crippen LogP contribution in [0.25, 0.3) is 0 Å². The Kier molecular flexibility index (Phi) is 5.46. The van der Waals surface area contributed by atoms with Gasteiger partial charge in [-0.2, -0.15) is 17.9 Å².